The van der Waals surface area contributed by atoms with Crippen LogP contribution < -0.4 is 5.32 Å². The SMILES string of the molecule is CC1(C)CC(C(=O)Nc2ccc(Br)cc2)(c2ccc3ccccc3c2)CC1=O. The lowest BCUT2D eigenvalue weighted by Gasteiger charge is -2.30. The number of ketones is 1. The van der Waals surface area contributed by atoms with Crippen molar-refractivity contribution < 1.29 is 9.59 Å². The molecule has 1 unspecified atom stereocenters. The number of hydrogen-bond donors (Lipinski definition) is 1. The lowest BCUT2D eigenvalue weighted by molar-refractivity contribution is -0.126. The summed E-state index contributed by atoms with van der Waals surface area (Å²) in [4.78, 5) is 26.3. The number of benzene rings is 3. The van der Waals surface area contributed by atoms with Crippen molar-refractivity contribution in [3.8, 4) is 0 Å². The first-order chi connectivity index (χ1) is 13.3. The van der Waals surface area contributed by atoms with Gasteiger partial charge in [0.25, 0.3) is 0 Å². The van der Waals surface area contributed by atoms with Crippen LogP contribution in [0.25, 0.3) is 10.8 Å². The van der Waals surface area contributed by atoms with Crippen LogP contribution in [0.1, 0.15) is 32.3 Å². The van der Waals surface area contributed by atoms with Gasteiger partial charge in [-0.2, -0.15) is 0 Å². The molecule has 0 aliphatic heterocycles. The molecule has 1 fully saturated rings. The number of anilines is 1. The van der Waals surface area contributed by atoms with Crippen LogP contribution in [-0.4, -0.2) is 11.7 Å². The molecular weight excluding hydrogens is 414 g/mol. The Hall–Kier alpha value is -2.46. The van der Waals surface area contributed by atoms with E-state index >= 15 is 0 Å². The Morgan fingerprint density at radius 3 is 2.29 bits per heavy atom. The Labute approximate surface area is 173 Å². The van der Waals surface area contributed by atoms with Crippen LogP contribution in [0.15, 0.2) is 71.2 Å². The molecule has 1 aliphatic rings. The van der Waals surface area contributed by atoms with Crippen LogP contribution in [0, 0.1) is 5.41 Å². The molecule has 0 radical (unpaired) electrons. The number of nitrogens with one attached hydrogen (secondary N) is 1. The standard InChI is InChI=1S/C24H22BrNO2/c1-23(2)15-24(14-21(23)27,22(28)26-20-11-9-19(25)10-12-20)18-8-7-16-5-3-4-6-17(16)13-18/h3-13H,14-15H2,1-2H3,(H,26,28). The van der Waals surface area contributed by atoms with Gasteiger partial charge in [-0.15, -0.1) is 0 Å². The maximum Gasteiger partial charge on any atom is 0.235 e. The highest BCUT2D eigenvalue weighted by molar-refractivity contribution is 9.10. The molecule has 1 amide bonds. The van der Waals surface area contributed by atoms with Crippen LogP contribution >= 0.6 is 15.9 Å². The second kappa shape index (κ2) is 6.85. The summed E-state index contributed by atoms with van der Waals surface area (Å²) in [6.07, 6.45) is 0.722. The van der Waals surface area contributed by atoms with Crippen LogP contribution in [-0.2, 0) is 15.0 Å². The summed E-state index contributed by atoms with van der Waals surface area (Å²) < 4.78 is 0.951. The normalized spacial score (nSPS) is 21.0. The average Bonchev–Trinajstić information content (AvgIpc) is 2.93. The van der Waals surface area contributed by atoms with Crippen molar-refractivity contribution in [2.75, 3.05) is 5.32 Å². The van der Waals surface area contributed by atoms with Gasteiger partial charge < -0.3 is 5.32 Å². The zero-order valence-electron chi connectivity index (χ0n) is 16.0. The van der Waals surface area contributed by atoms with Gasteiger partial charge in [-0.05, 0) is 47.0 Å². The molecule has 0 bridgehead atoms. The van der Waals surface area contributed by atoms with E-state index in [2.05, 4.69) is 33.4 Å². The minimum absolute atomic E-state index is 0.121. The number of hydrogen-bond acceptors (Lipinski definition) is 2. The number of carbonyl (C=O) groups excluding carboxylic acids is 2. The fourth-order valence-electron chi connectivity index (χ4n) is 4.20. The zero-order chi connectivity index (χ0) is 19.9. The van der Waals surface area contributed by atoms with Gasteiger partial charge in [0, 0.05) is 22.0 Å². The first-order valence-corrected chi connectivity index (χ1v) is 10.2. The summed E-state index contributed by atoms with van der Waals surface area (Å²) in [5.74, 6) is 0.00985. The van der Waals surface area contributed by atoms with Gasteiger partial charge in [0.05, 0.1) is 5.41 Å². The molecule has 3 nitrogen and oxygen atoms in total. The van der Waals surface area contributed by atoms with Crippen molar-refractivity contribution in [1.29, 1.82) is 0 Å². The molecule has 1 saturated carbocycles. The van der Waals surface area contributed by atoms with E-state index in [1.165, 1.54) is 0 Å². The van der Waals surface area contributed by atoms with E-state index < -0.39 is 10.8 Å². The van der Waals surface area contributed by atoms with Crippen LogP contribution in [0.4, 0.5) is 5.69 Å². The highest BCUT2D eigenvalue weighted by atomic mass is 79.9. The number of halogens is 1. The predicted molar refractivity (Wildman–Crippen MR) is 116 cm³/mol. The van der Waals surface area contributed by atoms with Gasteiger partial charge in [0.1, 0.15) is 5.78 Å². The molecule has 1 aliphatic carbocycles. The Bertz CT molecular complexity index is 1070. The van der Waals surface area contributed by atoms with E-state index in [9.17, 15) is 9.59 Å². The van der Waals surface area contributed by atoms with E-state index in [-0.39, 0.29) is 18.1 Å². The molecule has 4 heteroatoms. The second-order valence-electron chi connectivity index (χ2n) is 8.27. The van der Waals surface area contributed by atoms with Gasteiger partial charge in [-0.25, -0.2) is 0 Å². The van der Waals surface area contributed by atoms with Crippen molar-refractivity contribution in [2.45, 2.75) is 32.1 Å². The lowest BCUT2D eigenvalue weighted by atomic mass is 9.74. The molecule has 0 aromatic heterocycles. The van der Waals surface area contributed by atoms with E-state index in [4.69, 9.17) is 0 Å². The minimum Gasteiger partial charge on any atom is -0.325 e. The van der Waals surface area contributed by atoms with Gasteiger partial charge in [-0.1, -0.05) is 72.2 Å². The molecule has 1 N–H and O–H groups in total. The van der Waals surface area contributed by atoms with Gasteiger partial charge in [0.15, 0.2) is 0 Å². The van der Waals surface area contributed by atoms with Crippen molar-refractivity contribution in [1.82, 2.24) is 0 Å². The molecule has 3 aromatic carbocycles. The molecule has 142 valence electrons. The van der Waals surface area contributed by atoms with E-state index in [1.807, 2.05) is 68.4 Å². The van der Waals surface area contributed by atoms with E-state index in [0.29, 0.717) is 6.42 Å². The third kappa shape index (κ3) is 3.26. The molecule has 3 aromatic rings. The largest absolute Gasteiger partial charge is 0.325 e. The van der Waals surface area contributed by atoms with Crippen molar-refractivity contribution >= 4 is 44.1 Å². The molecule has 4 rings (SSSR count). The summed E-state index contributed by atoms with van der Waals surface area (Å²) >= 11 is 3.41. The maximum absolute atomic E-state index is 13.5. The quantitative estimate of drug-likeness (QED) is 0.559. The first-order valence-electron chi connectivity index (χ1n) is 9.40. The summed E-state index contributed by atoms with van der Waals surface area (Å²) in [5.41, 5.74) is 0.241. The van der Waals surface area contributed by atoms with Crippen molar-refractivity contribution in [2.24, 2.45) is 5.41 Å². The predicted octanol–water partition coefficient (Wildman–Crippen LogP) is 5.87. The average molecular weight is 436 g/mol. The highest BCUT2D eigenvalue weighted by Gasteiger charge is 2.54. The first kappa shape index (κ1) is 18.9. The monoisotopic (exact) mass is 435 g/mol. The molecule has 0 heterocycles. The fraction of sp³-hybridized carbons (Fsp3) is 0.250. The van der Waals surface area contributed by atoms with Gasteiger partial charge in [0.2, 0.25) is 5.91 Å². The van der Waals surface area contributed by atoms with E-state index in [1.54, 1.807) is 0 Å². The maximum atomic E-state index is 13.5. The number of carbonyl (C=O) groups is 2. The van der Waals surface area contributed by atoms with Crippen LogP contribution in [0.2, 0.25) is 0 Å². The fourth-order valence-corrected chi connectivity index (χ4v) is 4.46. The Balaban J connectivity index is 1.79. The Morgan fingerprint density at radius 1 is 0.964 bits per heavy atom. The van der Waals surface area contributed by atoms with Gasteiger partial charge in [-0.3, -0.25) is 9.59 Å². The number of Topliss-reactive ketones (excluding diaryl/α,β-unsaturated/α-hetero) is 1. The molecule has 1 atom stereocenters. The molecule has 28 heavy (non-hydrogen) atoms. The molecular formula is C24H22BrNO2. The zero-order valence-corrected chi connectivity index (χ0v) is 17.5. The highest BCUT2D eigenvalue weighted by Crippen LogP contribution is 2.49. The minimum atomic E-state index is -0.863. The third-order valence-electron chi connectivity index (χ3n) is 5.80. The second-order valence-corrected chi connectivity index (χ2v) is 9.18. The Kier molecular flexibility index (Phi) is 4.62. The van der Waals surface area contributed by atoms with E-state index in [0.717, 1.165) is 26.5 Å². The Morgan fingerprint density at radius 2 is 1.64 bits per heavy atom. The van der Waals surface area contributed by atoms with Crippen molar-refractivity contribution in [3.05, 3.63) is 76.8 Å². The number of fused-ring (bicyclic) bond motifs is 1. The molecule has 0 saturated heterocycles. The number of rotatable bonds is 3. The summed E-state index contributed by atoms with van der Waals surface area (Å²) in [7, 11) is 0. The van der Waals surface area contributed by atoms with Gasteiger partial charge >= 0.3 is 0 Å². The van der Waals surface area contributed by atoms with Crippen LogP contribution in [0.3, 0.4) is 0 Å². The third-order valence-corrected chi connectivity index (χ3v) is 6.33. The molecule has 0 spiro atoms. The summed E-state index contributed by atoms with van der Waals surface area (Å²) in [6, 6.07) is 21.7. The summed E-state index contributed by atoms with van der Waals surface area (Å²) in [5, 5.41) is 5.25. The smallest absolute Gasteiger partial charge is 0.235 e. The van der Waals surface area contributed by atoms with Crippen LogP contribution in [0.5, 0.6) is 0 Å². The van der Waals surface area contributed by atoms with Crippen molar-refractivity contribution in [3.63, 3.8) is 0 Å². The lowest BCUT2D eigenvalue weighted by Crippen LogP contribution is -2.39. The number of amides is 1. The summed E-state index contributed by atoms with van der Waals surface area (Å²) in [6.45, 7) is 3.87. The topological polar surface area (TPSA) is 46.2 Å².